The van der Waals surface area contributed by atoms with Gasteiger partial charge in [0.2, 0.25) is 0 Å². The van der Waals surface area contributed by atoms with E-state index in [0.29, 0.717) is 18.7 Å². The summed E-state index contributed by atoms with van der Waals surface area (Å²) in [4.78, 5) is 18.0. The Labute approximate surface area is 108 Å². The van der Waals surface area contributed by atoms with E-state index in [1.165, 1.54) is 0 Å². The highest BCUT2D eigenvalue weighted by Crippen LogP contribution is 2.26. The summed E-state index contributed by atoms with van der Waals surface area (Å²) in [7, 11) is 0. The molecule has 2 unspecified atom stereocenters. The number of carboxylic acid groups (broad SMARTS) is 1. The average molecular weight is 278 g/mol. The third-order valence-electron chi connectivity index (χ3n) is 2.82. The van der Waals surface area contributed by atoms with Gasteiger partial charge in [0.05, 0.1) is 16.4 Å². The summed E-state index contributed by atoms with van der Waals surface area (Å²) in [6.45, 7) is 0. The topological polar surface area (TPSA) is 92.0 Å². The number of halogens is 2. The van der Waals surface area contributed by atoms with Crippen LogP contribution < -0.4 is 5.73 Å². The number of nitrogens with two attached hydrogens (primary N) is 1. The van der Waals surface area contributed by atoms with E-state index in [4.69, 9.17) is 34.0 Å². The molecule has 0 radical (unpaired) electrons. The summed E-state index contributed by atoms with van der Waals surface area (Å²) >= 11 is 12.1. The first-order valence-electron chi connectivity index (χ1n) is 5.30. The molecule has 3 atom stereocenters. The van der Waals surface area contributed by atoms with E-state index >= 15 is 0 Å². The van der Waals surface area contributed by atoms with Crippen molar-refractivity contribution in [3.63, 3.8) is 0 Å². The monoisotopic (exact) mass is 277 g/mol. The maximum atomic E-state index is 10.6. The first kappa shape index (κ1) is 12.7. The highest BCUT2D eigenvalue weighted by atomic mass is 35.5. The average Bonchev–Trinajstić information content (AvgIpc) is 2.60. The predicted molar refractivity (Wildman–Crippen MR) is 64.6 cm³/mol. The van der Waals surface area contributed by atoms with Gasteiger partial charge in [-0.1, -0.05) is 0 Å². The van der Waals surface area contributed by atoms with Gasteiger partial charge in [-0.3, -0.25) is 4.79 Å². The minimum Gasteiger partial charge on any atom is -0.480 e. The zero-order chi connectivity index (χ0) is 12.6. The van der Waals surface area contributed by atoms with Gasteiger partial charge in [-0.15, -0.1) is 23.2 Å². The molecule has 7 heteroatoms. The number of imidazole rings is 1. The van der Waals surface area contributed by atoms with Crippen LogP contribution in [0.25, 0.3) is 0 Å². The maximum Gasteiger partial charge on any atom is 0.320 e. The van der Waals surface area contributed by atoms with E-state index < -0.39 is 12.0 Å². The lowest BCUT2D eigenvalue weighted by atomic mass is 10.0. The Kier molecular flexibility index (Phi) is 3.61. The smallest absolute Gasteiger partial charge is 0.320 e. The van der Waals surface area contributed by atoms with Crippen LogP contribution in [0.1, 0.15) is 17.2 Å². The summed E-state index contributed by atoms with van der Waals surface area (Å²) in [5, 5.41) is 8.47. The Bertz CT molecular complexity index is 408. The molecule has 0 amide bonds. The fourth-order valence-electron chi connectivity index (χ4n) is 1.87. The number of alkyl halides is 2. The summed E-state index contributed by atoms with van der Waals surface area (Å²) < 4.78 is 0. The first-order chi connectivity index (χ1) is 7.97. The molecule has 0 bridgehead atoms. The second-order valence-corrected chi connectivity index (χ2v) is 5.32. The molecule has 0 aliphatic heterocycles. The highest BCUT2D eigenvalue weighted by molar-refractivity contribution is 6.30. The lowest BCUT2D eigenvalue weighted by Gasteiger charge is -2.20. The zero-order valence-electron chi connectivity index (χ0n) is 8.99. The predicted octanol–water partition coefficient (Wildman–Crippen LogP) is 0.677. The number of aromatic amines is 1. The van der Waals surface area contributed by atoms with Crippen molar-refractivity contribution in [2.75, 3.05) is 0 Å². The third-order valence-corrected chi connectivity index (χ3v) is 3.87. The Morgan fingerprint density at radius 2 is 2.18 bits per heavy atom. The van der Waals surface area contributed by atoms with Crippen molar-refractivity contribution < 1.29 is 9.90 Å². The Hall–Kier alpha value is -0.780. The van der Waals surface area contributed by atoms with Crippen LogP contribution in [0.3, 0.4) is 0 Å². The van der Waals surface area contributed by atoms with Crippen LogP contribution in [0, 0.1) is 0 Å². The molecule has 0 fully saturated rings. The SMILES string of the molecule is N[C@@H](Cc1nc2c([nH]1)CC(Cl)C(Cl)C2)C(=O)O. The molecule has 0 saturated heterocycles. The van der Waals surface area contributed by atoms with Gasteiger partial charge in [0.1, 0.15) is 11.9 Å². The number of H-pyrrole nitrogens is 1. The number of hydrogen-bond donors (Lipinski definition) is 3. The van der Waals surface area contributed by atoms with Crippen molar-refractivity contribution in [2.45, 2.75) is 36.1 Å². The molecule has 4 N–H and O–H groups in total. The van der Waals surface area contributed by atoms with E-state index in [2.05, 4.69) is 9.97 Å². The second-order valence-electron chi connectivity index (χ2n) is 4.20. The fourth-order valence-corrected chi connectivity index (χ4v) is 2.35. The van der Waals surface area contributed by atoms with Gasteiger partial charge in [-0.05, 0) is 0 Å². The van der Waals surface area contributed by atoms with Gasteiger partial charge < -0.3 is 15.8 Å². The van der Waals surface area contributed by atoms with Crippen LogP contribution in [0.15, 0.2) is 0 Å². The van der Waals surface area contributed by atoms with Crippen LogP contribution in [0.2, 0.25) is 0 Å². The molecule has 1 aromatic rings. The Balaban J connectivity index is 2.13. The molecule has 1 aliphatic carbocycles. The normalized spacial score (nSPS) is 25.4. The molecule has 2 rings (SSSR count). The number of fused-ring (bicyclic) bond motifs is 1. The van der Waals surface area contributed by atoms with Gasteiger partial charge in [0.25, 0.3) is 0 Å². The van der Waals surface area contributed by atoms with E-state index in [0.717, 1.165) is 11.4 Å². The van der Waals surface area contributed by atoms with Gasteiger partial charge in [0.15, 0.2) is 0 Å². The molecular weight excluding hydrogens is 265 g/mol. The van der Waals surface area contributed by atoms with E-state index in [-0.39, 0.29) is 17.2 Å². The van der Waals surface area contributed by atoms with E-state index in [9.17, 15) is 4.79 Å². The van der Waals surface area contributed by atoms with Crippen LogP contribution >= 0.6 is 23.2 Å². The quantitative estimate of drug-likeness (QED) is 0.709. The van der Waals surface area contributed by atoms with Crippen LogP contribution in [-0.4, -0.2) is 37.8 Å². The van der Waals surface area contributed by atoms with Crippen LogP contribution in [0.5, 0.6) is 0 Å². The molecule has 1 aliphatic rings. The van der Waals surface area contributed by atoms with Crippen molar-refractivity contribution in [2.24, 2.45) is 5.73 Å². The molecule has 1 heterocycles. The molecule has 0 spiro atoms. The standard InChI is InChI=1S/C10H13Cl2N3O2/c11-4-1-7-8(2-5(4)12)15-9(14-7)3-6(13)10(16)17/h4-6H,1-3,13H2,(H,14,15)(H,16,17)/t4?,5?,6-/m0/s1. The Morgan fingerprint density at radius 1 is 1.53 bits per heavy atom. The number of carbonyl (C=O) groups is 1. The van der Waals surface area contributed by atoms with Crippen molar-refractivity contribution in [3.05, 3.63) is 17.2 Å². The van der Waals surface area contributed by atoms with Gasteiger partial charge in [-0.2, -0.15) is 0 Å². The number of aliphatic carboxylic acids is 1. The molecule has 17 heavy (non-hydrogen) atoms. The second kappa shape index (κ2) is 4.84. The minimum atomic E-state index is -1.04. The number of nitrogens with zero attached hydrogens (tertiary/aromatic N) is 1. The fraction of sp³-hybridized carbons (Fsp3) is 0.600. The molecular formula is C10H13Cl2N3O2. The van der Waals surface area contributed by atoms with Crippen molar-refractivity contribution >= 4 is 29.2 Å². The molecule has 5 nitrogen and oxygen atoms in total. The molecule has 0 saturated carbocycles. The number of nitrogens with one attached hydrogen (secondary N) is 1. The number of carboxylic acids is 1. The molecule has 1 aromatic heterocycles. The Morgan fingerprint density at radius 3 is 2.82 bits per heavy atom. The maximum absolute atomic E-state index is 10.6. The van der Waals surface area contributed by atoms with E-state index in [1.807, 2.05) is 0 Å². The van der Waals surface area contributed by atoms with Crippen LogP contribution in [0.4, 0.5) is 0 Å². The largest absolute Gasteiger partial charge is 0.480 e. The summed E-state index contributed by atoms with van der Waals surface area (Å²) in [5.74, 6) is -0.454. The van der Waals surface area contributed by atoms with Gasteiger partial charge >= 0.3 is 5.97 Å². The summed E-state index contributed by atoms with van der Waals surface area (Å²) in [6.07, 6.45) is 1.41. The molecule has 0 aromatic carbocycles. The first-order valence-corrected chi connectivity index (χ1v) is 6.17. The number of hydrogen-bond acceptors (Lipinski definition) is 3. The van der Waals surface area contributed by atoms with Crippen molar-refractivity contribution in [1.82, 2.24) is 9.97 Å². The van der Waals surface area contributed by atoms with Gasteiger partial charge in [0, 0.05) is 25.0 Å². The zero-order valence-corrected chi connectivity index (χ0v) is 10.5. The minimum absolute atomic E-state index is 0.120. The number of rotatable bonds is 3. The van der Waals surface area contributed by atoms with Crippen molar-refractivity contribution in [1.29, 1.82) is 0 Å². The van der Waals surface area contributed by atoms with E-state index in [1.54, 1.807) is 0 Å². The van der Waals surface area contributed by atoms with Crippen LogP contribution in [-0.2, 0) is 24.1 Å². The third kappa shape index (κ3) is 2.73. The number of aromatic nitrogens is 2. The van der Waals surface area contributed by atoms with Gasteiger partial charge in [-0.25, -0.2) is 4.98 Å². The summed E-state index contributed by atoms with van der Waals surface area (Å²) in [5.41, 5.74) is 7.26. The lowest BCUT2D eigenvalue weighted by molar-refractivity contribution is -0.138. The molecule has 94 valence electrons. The highest BCUT2D eigenvalue weighted by Gasteiger charge is 2.28. The van der Waals surface area contributed by atoms with Crippen molar-refractivity contribution in [3.8, 4) is 0 Å². The summed E-state index contributed by atoms with van der Waals surface area (Å²) in [6, 6.07) is -0.943. The lowest BCUT2D eigenvalue weighted by Crippen LogP contribution is -2.32.